The summed E-state index contributed by atoms with van der Waals surface area (Å²) < 4.78 is 0. The van der Waals surface area contributed by atoms with Gasteiger partial charge in [-0.1, -0.05) is 11.8 Å². The maximum Gasteiger partial charge on any atom is 0.0611 e. The van der Waals surface area contributed by atoms with Crippen molar-refractivity contribution in [2.24, 2.45) is 5.41 Å². The van der Waals surface area contributed by atoms with Gasteiger partial charge in [0.05, 0.1) is 6.54 Å². The van der Waals surface area contributed by atoms with Crippen LogP contribution in [0.2, 0.25) is 0 Å². The fourth-order valence-corrected chi connectivity index (χ4v) is 2.85. The molecule has 0 bridgehead atoms. The molecule has 1 saturated heterocycles. The lowest BCUT2D eigenvalue weighted by molar-refractivity contribution is -0.0145. The first-order valence-electron chi connectivity index (χ1n) is 6.82. The molecule has 17 heavy (non-hydrogen) atoms. The lowest BCUT2D eigenvalue weighted by atomic mass is 9.80. The largest absolute Gasteiger partial charge is 0.282 e. The predicted molar refractivity (Wildman–Crippen MR) is 75.9 cm³/mol. The van der Waals surface area contributed by atoms with Crippen molar-refractivity contribution < 1.29 is 0 Å². The van der Waals surface area contributed by atoms with Crippen molar-refractivity contribution in [3.8, 4) is 11.8 Å². The zero-order valence-electron chi connectivity index (χ0n) is 12.8. The third-order valence-electron chi connectivity index (χ3n) is 3.74. The summed E-state index contributed by atoms with van der Waals surface area (Å²) >= 11 is 0. The molecule has 1 fully saturated rings. The van der Waals surface area contributed by atoms with Crippen LogP contribution in [0.15, 0.2) is 0 Å². The van der Waals surface area contributed by atoms with Crippen LogP contribution in [0, 0.1) is 17.3 Å². The van der Waals surface area contributed by atoms with Crippen molar-refractivity contribution in [2.75, 3.05) is 6.54 Å². The molecule has 0 radical (unpaired) electrons. The molecule has 98 valence electrons. The van der Waals surface area contributed by atoms with E-state index < -0.39 is 0 Å². The van der Waals surface area contributed by atoms with Crippen molar-refractivity contribution in [1.29, 1.82) is 0 Å². The van der Waals surface area contributed by atoms with Crippen LogP contribution in [0.5, 0.6) is 0 Å². The van der Waals surface area contributed by atoms with Gasteiger partial charge in [0, 0.05) is 16.5 Å². The molecule has 1 aliphatic heterocycles. The Kier molecular flexibility index (Phi) is 3.99. The number of nitrogens with zero attached hydrogens (tertiary/aromatic N) is 1. The van der Waals surface area contributed by atoms with Crippen LogP contribution in [0.3, 0.4) is 0 Å². The first-order valence-corrected chi connectivity index (χ1v) is 6.82. The van der Waals surface area contributed by atoms with Crippen LogP contribution in [0.25, 0.3) is 0 Å². The van der Waals surface area contributed by atoms with Crippen molar-refractivity contribution in [2.45, 2.75) is 78.8 Å². The molecule has 0 aromatic carbocycles. The summed E-state index contributed by atoms with van der Waals surface area (Å²) in [4.78, 5) is 2.59. The second-order valence-corrected chi connectivity index (χ2v) is 7.62. The highest BCUT2D eigenvalue weighted by Gasteiger charge is 2.40. The van der Waals surface area contributed by atoms with Gasteiger partial charge >= 0.3 is 0 Å². The zero-order valence-corrected chi connectivity index (χ0v) is 12.8. The minimum atomic E-state index is 0.115. The Balaban J connectivity index is 2.80. The average Bonchev–Trinajstić information content (AvgIpc) is 2.07. The Labute approximate surface area is 108 Å². The number of hydrogen-bond donors (Lipinski definition) is 0. The molecule has 1 rings (SSSR count). The van der Waals surface area contributed by atoms with Crippen molar-refractivity contribution >= 4 is 0 Å². The van der Waals surface area contributed by atoms with E-state index >= 15 is 0 Å². The van der Waals surface area contributed by atoms with Crippen LogP contribution >= 0.6 is 0 Å². The van der Waals surface area contributed by atoms with Gasteiger partial charge in [-0.3, -0.25) is 4.90 Å². The van der Waals surface area contributed by atoms with E-state index in [0.29, 0.717) is 0 Å². The molecular weight excluding hydrogens is 206 g/mol. The Morgan fingerprint density at radius 2 is 1.47 bits per heavy atom. The normalized spacial score (nSPS) is 23.9. The maximum absolute atomic E-state index is 3.38. The van der Waals surface area contributed by atoms with Crippen LogP contribution < -0.4 is 0 Å². The predicted octanol–water partition coefficient (Wildman–Crippen LogP) is 4.08. The third-order valence-corrected chi connectivity index (χ3v) is 3.74. The number of hydrogen-bond acceptors (Lipinski definition) is 1. The van der Waals surface area contributed by atoms with E-state index in [1.165, 1.54) is 19.3 Å². The Bertz CT molecular complexity index is 304. The second kappa shape index (κ2) is 4.65. The van der Waals surface area contributed by atoms with Crippen molar-refractivity contribution in [3.63, 3.8) is 0 Å². The van der Waals surface area contributed by atoms with Crippen molar-refractivity contribution in [3.05, 3.63) is 0 Å². The van der Waals surface area contributed by atoms with E-state index in [9.17, 15) is 0 Å². The summed E-state index contributed by atoms with van der Waals surface area (Å²) in [7, 11) is 0. The summed E-state index contributed by atoms with van der Waals surface area (Å²) in [5.74, 6) is 6.74. The van der Waals surface area contributed by atoms with Gasteiger partial charge in [0.2, 0.25) is 0 Å². The highest BCUT2D eigenvalue weighted by atomic mass is 15.2. The van der Waals surface area contributed by atoms with E-state index in [1.54, 1.807) is 0 Å². The molecule has 0 aromatic rings. The van der Waals surface area contributed by atoms with Crippen LogP contribution in [-0.2, 0) is 0 Å². The minimum Gasteiger partial charge on any atom is -0.282 e. The maximum atomic E-state index is 3.38. The highest BCUT2D eigenvalue weighted by Crippen LogP contribution is 2.37. The van der Waals surface area contributed by atoms with E-state index in [0.717, 1.165) is 6.54 Å². The molecule has 0 aromatic heterocycles. The van der Waals surface area contributed by atoms with E-state index in [-0.39, 0.29) is 16.5 Å². The molecule has 1 aliphatic rings. The van der Waals surface area contributed by atoms with Gasteiger partial charge in [0.25, 0.3) is 0 Å². The third kappa shape index (κ3) is 4.03. The van der Waals surface area contributed by atoms with E-state index in [1.807, 2.05) is 0 Å². The van der Waals surface area contributed by atoms with Crippen molar-refractivity contribution in [1.82, 2.24) is 4.90 Å². The molecule has 1 nitrogen and oxygen atoms in total. The van der Waals surface area contributed by atoms with E-state index in [4.69, 9.17) is 0 Å². The fraction of sp³-hybridized carbons (Fsp3) is 0.875. The lowest BCUT2D eigenvalue weighted by Gasteiger charge is -2.52. The quantitative estimate of drug-likeness (QED) is 0.619. The Morgan fingerprint density at radius 3 is 1.88 bits per heavy atom. The minimum absolute atomic E-state index is 0.115. The molecule has 0 aliphatic carbocycles. The number of likely N-dealkylation sites (tertiary alicyclic amines) is 1. The number of piperidine rings is 1. The Morgan fingerprint density at radius 1 is 1.00 bits per heavy atom. The second-order valence-electron chi connectivity index (χ2n) is 7.62. The highest BCUT2D eigenvalue weighted by molar-refractivity contribution is 5.11. The molecule has 0 saturated carbocycles. The topological polar surface area (TPSA) is 3.24 Å². The zero-order chi connectivity index (χ0) is 13.3. The summed E-state index contributed by atoms with van der Waals surface area (Å²) in [5.41, 5.74) is 0.687. The van der Waals surface area contributed by atoms with Gasteiger partial charge in [0.15, 0.2) is 0 Å². The molecule has 0 atom stereocenters. The number of rotatable bonds is 1. The average molecular weight is 235 g/mol. The fourth-order valence-electron chi connectivity index (χ4n) is 2.85. The lowest BCUT2D eigenvalue weighted by Crippen LogP contribution is -2.58. The molecule has 1 heteroatoms. The summed E-state index contributed by atoms with van der Waals surface area (Å²) in [6.07, 6.45) is 3.91. The molecule has 0 amide bonds. The monoisotopic (exact) mass is 235 g/mol. The van der Waals surface area contributed by atoms with Gasteiger partial charge < -0.3 is 0 Å². The van der Waals surface area contributed by atoms with Gasteiger partial charge in [-0.25, -0.2) is 0 Å². The van der Waals surface area contributed by atoms with Gasteiger partial charge in [-0.15, -0.1) is 0 Å². The molecule has 0 spiro atoms. The smallest absolute Gasteiger partial charge is 0.0611 e. The first kappa shape index (κ1) is 14.6. The molecule has 0 N–H and O–H groups in total. The summed E-state index contributed by atoms with van der Waals surface area (Å²) in [6, 6.07) is 0. The molecular formula is C16H29N. The molecule has 1 heterocycles. The van der Waals surface area contributed by atoms with Crippen LogP contribution in [0.1, 0.15) is 67.7 Å². The van der Waals surface area contributed by atoms with Crippen LogP contribution in [0.4, 0.5) is 0 Å². The van der Waals surface area contributed by atoms with E-state index in [2.05, 4.69) is 65.2 Å². The summed E-state index contributed by atoms with van der Waals surface area (Å²) in [6.45, 7) is 16.8. The van der Waals surface area contributed by atoms with Gasteiger partial charge in [-0.05, 0) is 67.7 Å². The standard InChI is InChI=1S/C16H29N/c1-14(2,3)10-9-13-17-15(4,5)11-8-12-16(17,6)7/h8,11-13H2,1-7H3. The van der Waals surface area contributed by atoms with Gasteiger partial charge in [0.1, 0.15) is 0 Å². The Hall–Kier alpha value is -0.480. The SMILES string of the molecule is CC(C)(C)C#CCN1C(C)(C)CCCC1(C)C. The first-order chi connectivity index (χ1) is 7.55. The van der Waals surface area contributed by atoms with Crippen LogP contribution in [-0.4, -0.2) is 22.5 Å². The molecule has 0 unspecified atom stereocenters. The van der Waals surface area contributed by atoms with Gasteiger partial charge in [-0.2, -0.15) is 0 Å². The summed E-state index contributed by atoms with van der Waals surface area (Å²) in [5, 5.41) is 0.